The third-order valence-electron chi connectivity index (χ3n) is 2.90. The summed E-state index contributed by atoms with van der Waals surface area (Å²) < 4.78 is 0. The average Bonchev–Trinajstić information content (AvgIpc) is 2.16. The van der Waals surface area contributed by atoms with Gasteiger partial charge in [0.2, 0.25) is 0 Å². The number of nitrogens with one attached hydrogen (secondary N) is 1. The maximum absolute atomic E-state index is 6.16. The number of pyridine rings is 1. The topological polar surface area (TPSA) is 24.9 Å². The first-order valence-electron chi connectivity index (χ1n) is 5.13. The van der Waals surface area contributed by atoms with Crippen LogP contribution in [-0.4, -0.2) is 11.5 Å². The van der Waals surface area contributed by atoms with Crippen LogP contribution in [0, 0.1) is 0 Å². The van der Waals surface area contributed by atoms with Gasteiger partial charge < -0.3 is 5.32 Å². The summed E-state index contributed by atoms with van der Waals surface area (Å²) in [6.45, 7) is 1.08. The quantitative estimate of drug-likeness (QED) is 0.790. The molecule has 0 radical (unpaired) electrons. The molecular weight excluding hydrogens is 243 g/mol. The van der Waals surface area contributed by atoms with E-state index in [0.717, 1.165) is 29.4 Å². The maximum atomic E-state index is 6.16. The monoisotopic (exact) mass is 254 g/mol. The van der Waals surface area contributed by atoms with Gasteiger partial charge in [-0.1, -0.05) is 29.8 Å². The fourth-order valence-electron chi connectivity index (χ4n) is 1.91. The summed E-state index contributed by atoms with van der Waals surface area (Å²) in [5, 5.41) is 5.13. The molecule has 4 heteroatoms. The third-order valence-corrected chi connectivity index (χ3v) is 3.21. The van der Waals surface area contributed by atoms with Gasteiger partial charge in [-0.05, 0) is 25.1 Å². The van der Waals surface area contributed by atoms with Crippen LogP contribution in [0.1, 0.15) is 18.0 Å². The Labute approximate surface area is 105 Å². The van der Waals surface area contributed by atoms with Gasteiger partial charge in [-0.3, -0.25) is 0 Å². The molecule has 2 aromatic rings. The minimum Gasteiger partial charge on any atom is -0.310 e. The first kappa shape index (κ1) is 11.6. The summed E-state index contributed by atoms with van der Waals surface area (Å²) in [4.78, 5) is 4.40. The van der Waals surface area contributed by atoms with Crippen LogP contribution >= 0.6 is 24.0 Å². The summed E-state index contributed by atoms with van der Waals surface area (Å²) >= 11 is 6.16. The van der Waals surface area contributed by atoms with Crippen LogP contribution in [0.5, 0.6) is 0 Å². The maximum Gasteiger partial charge on any atom is 0.134 e. The van der Waals surface area contributed by atoms with E-state index in [1.54, 1.807) is 0 Å². The second-order valence-corrected chi connectivity index (χ2v) is 4.21. The molecule has 2 heterocycles. The van der Waals surface area contributed by atoms with E-state index in [1.807, 2.05) is 18.2 Å². The molecule has 84 valence electrons. The highest BCUT2D eigenvalue weighted by Gasteiger charge is 2.21. The number of rotatable bonds is 1. The second-order valence-electron chi connectivity index (χ2n) is 3.86. The molecule has 1 fully saturated rings. The van der Waals surface area contributed by atoms with Gasteiger partial charge >= 0.3 is 0 Å². The lowest BCUT2D eigenvalue weighted by Gasteiger charge is -2.28. The van der Waals surface area contributed by atoms with E-state index < -0.39 is 0 Å². The average molecular weight is 255 g/mol. The zero-order chi connectivity index (χ0) is 10.3. The van der Waals surface area contributed by atoms with E-state index >= 15 is 0 Å². The fourth-order valence-corrected chi connectivity index (χ4v) is 2.18. The van der Waals surface area contributed by atoms with Gasteiger partial charge in [-0.25, -0.2) is 4.98 Å². The Morgan fingerprint density at radius 1 is 1.31 bits per heavy atom. The smallest absolute Gasteiger partial charge is 0.134 e. The van der Waals surface area contributed by atoms with Crippen LogP contribution < -0.4 is 5.32 Å². The van der Waals surface area contributed by atoms with Crippen LogP contribution in [0.2, 0.25) is 5.15 Å². The normalized spacial score (nSPS) is 18.9. The Hall–Kier alpha value is -0.830. The van der Waals surface area contributed by atoms with Crippen LogP contribution in [-0.2, 0) is 0 Å². The highest BCUT2D eigenvalue weighted by molar-refractivity contribution is 6.30. The predicted molar refractivity (Wildman–Crippen MR) is 69.4 cm³/mol. The molecule has 0 spiro atoms. The molecule has 1 aromatic carbocycles. The second kappa shape index (κ2) is 4.58. The van der Waals surface area contributed by atoms with Gasteiger partial charge in [0.25, 0.3) is 0 Å². The molecule has 1 saturated heterocycles. The molecule has 1 N–H and O–H groups in total. The highest BCUT2D eigenvalue weighted by atomic mass is 35.5. The van der Waals surface area contributed by atoms with Crippen molar-refractivity contribution >= 4 is 34.9 Å². The van der Waals surface area contributed by atoms with Gasteiger partial charge in [0, 0.05) is 17.0 Å². The molecule has 1 aromatic heterocycles. The lowest BCUT2D eigenvalue weighted by molar-refractivity contribution is 0.383. The largest absolute Gasteiger partial charge is 0.310 e. The number of nitrogens with zero attached hydrogens (tertiary/aromatic N) is 1. The van der Waals surface area contributed by atoms with E-state index in [0.29, 0.717) is 11.2 Å². The summed E-state index contributed by atoms with van der Waals surface area (Å²) in [6, 6.07) is 10.6. The number of hydrogen-bond donors (Lipinski definition) is 1. The molecule has 1 atom stereocenters. The molecule has 0 amide bonds. The Morgan fingerprint density at radius 2 is 2.06 bits per heavy atom. The first-order valence-corrected chi connectivity index (χ1v) is 5.51. The third kappa shape index (κ3) is 1.88. The summed E-state index contributed by atoms with van der Waals surface area (Å²) in [7, 11) is 0. The number of fused-ring (bicyclic) bond motifs is 1. The van der Waals surface area contributed by atoms with E-state index in [1.165, 1.54) is 0 Å². The molecule has 1 aliphatic rings. The minimum absolute atomic E-state index is 0. The first-order chi connectivity index (χ1) is 7.34. The number of benzene rings is 1. The van der Waals surface area contributed by atoms with Gasteiger partial charge in [-0.2, -0.15) is 0 Å². The number of hydrogen-bond acceptors (Lipinski definition) is 2. The Balaban J connectivity index is 0.000000963. The van der Waals surface area contributed by atoms with Crippen molar-refractivity contribution in [1.29, 1.82) is 0 Å². The van der Waals surface area contributed by atoms with Crippen LogP contribution in [0.25, 0.3) is 10.9 Å². The summed E-state index contributed by atoms with van der Waals surface area (Å²) in [5.41, 5.74) is 2.09. The molecule has 0 unspecified atom stereocenters. The molecule has 3 rings (SSSR count). The fraction of sp³-hybridized carbons (Fsp3) is 0.250. The van der Waals surface area contributed by atoms with Crippen molar-refractivity contribution < 1.29 is 0 Å². The zero-order valence-electron chi connectivity index (χ0n) is 8.61. The molecule has 0 bridgehead atoms. The van der Waals surface area contributed by atoms with Crippen molar-refractivity contribution in [2.45, 2.75) is 12.5 Å². The zero-order valence-corrected chi connectivity index (χ0v) is 10.2. The van der Waals surface area contributed by atoms with Gasteiger partial charge in [0.15, 0.2) is 0 Å². The lowest BCUT2D eigenvalue weighted by atomic mass is 9.98. The standard InChI is InChI=1S/C12H11ClN2.ClH/c13-12-9(11-5-6-14-11)7-8-3-1-2-4-10(8)15-12;/h1-4,7,11,14H,5-6H2;1H/t11-;/m1./s1. The summed E-state index contributed by atoms with van der Waals surface area (Å²) in [5.74, 6) is 0. The van der Waals surface area contributed by atoms with Crippen molar-refractivity contribution in [2.75, 3.05) is 6.54 Å². The molecule has 16 heavy (non-hydrogen) atoms. The Bertz CT molecular complexity index is 509. The Kier molecular flexibility index (Phi) is 3.33. The van der Waals surface area contributed by atoms with Gasteiger partial charge in [0.05, 0.1) is 5.52 Å². The van der Waals surface area contributed by atoms with Gasteiger partial charge in [0.1, 0.15) is 5.15 Å². The number of halogens is 2. The molecule has 0 aliphatic carbocycles. The van der Waals surface area contributed by atoms with Crippen LogP contribution in [0.4, 0.5) is 0 Å². The predicted octanol–water partition coefficient (Wildman–Crippen LogP) is 3.34. The van der Waals surface area contributed by atoms with Crippen LogP contribution in [0.3, 0.4) is 0 Å². The summed E-state index contributed by atoms with van der Waals surface area (Å²) in [6.07, 6.45) is 1.15. The highest BCUT2D eigenvalue weighted by Crippen LogP contribution is 2.30. The number of para-hydroxylation sites is 1. The number of aromatic nitrogens is 1. The van der Waals surface area contributed by atoms with Crippen LogP contribution in [0.15, 0.2) is 30.3 Å². The lowest BCUT2D eigenvalue weighted by Crippen LogP contribution is -2.35. The SMILES string of the molecule is Cl.Clc1nc2ccccc2cc1[C@H]1CCN1. The molecular formula is C12H12Cl2N2. The Morgan fingerprint density at radius 3 is 2.75 bits per heavy atom. The van der Waals surface area contributed by atoms with Crippen molar-refractivity contribution in [3.05, 3.63) is 41.0 Å². The minimum atomic E-state index is 0. The van der Waals surface area contributed by atoms with E-state index in [2.05, 4.69) is 22.4 Å². The van der Waals surface area contributed by atoms with Gasteiger partial charge in [-0.15, -0.1) is 12.4 Å². The van der Waals surface area contributed by atoms with Crippen molar-refractivity contribution in [3.8, 4) is 0 Å². The van der Waals surface area contributed by atoms with Crippen molar-refractivity contribution in [3.63, 3.8) is 0 Å². The van der Waals surface area contributed by atoms with E-state index in [9.17, 15) is 0 Å². The van der Waals surface area contributed by atoms with E-state index in [4.69, 9.17) is 11.6 Å². The molecule has 0 saturated carbocycles. The van der Waals surface area contributed by atoms with Crippen molar-refractivity contribution in [2.24, 2.45) is 0 Å². The molecule has 1 aliphatic heterocycles. The molecule has 2 nitrogen and oxygen atoms in total. The van der Waals surface area contributed by atoms with E-state index in [-0.39, 0.29) is 12.4 Å². The van der Waals surface area contributed by atoms with Crippen molar-refractivity contribution in [1.82, 2.24) is 10.3 Å².